The quantitative estimate of drug-likeness (QED) is 0.400. The normalized spacial score (nSPS) is 13.6. The molecule has 0 N–H and O–H groups in total. The minimum Gasteiger partial charge on any atom is -0.451 e. The van der Waals surface area contributed by atoms with Crippen molar-refractivity contribution in [3.05, 3.63) is 59.1 Å². The minimum atomic E-state index is -0.701. The molecule has 0 unspecified atom stereocenters. The lowest BCUT2D eigenvalue weighted by atomic mass is 10.1. The molecule has 1 fully saturated rings. The van der Waals surface area contributed by atoms with Gasteiger partial charge in [-0.25, -0.2) is 24.1 Å². The summed E-state index contributed by atoms with van der Waals surface area (Å²) < 4.78 is 19.5. The van der Waals surface area contributed by atoms with E-state index >= 15 is 0 Å². The van der Waals surface area contributed by atoms with E-state index in [1.807, 2.05) is 4.90 Å². The van der Waals surface area contributed by atoms with Crippen molar-refractivity contribution in [2.75, 3.05) is 37.7 Å². The number of ether oxygens (including phenoxy) is 1. The molecule has 170 valence electrons. The van der Waals surface area contributed by atoms with Crippen LogP contribution in [0.5, 0.6) is 0 Å². The minimum absolute atomic E-state index is 0.0876. The summed E-state index contributed by atoms with van der Waals surface area (Å²) >= 11 is 1.21. The van der Waals surface area contributed by atoms with Gasteiger partial charge in [0.2, 0.25) is 0 Å². The number of carbonyl (C=O) groups excluding carboxylic acids is 3. The summed E-state index contributed by atoms with van der Waals surface area (Å²) in [6.07, 6.45) is 3.16. The van der Waals surface area contributed by atoms with Crippen LogP contribution in [0.15, 0.2) is 42.0 Å². The summed E-state index contributed by atoms with van der Waals surface area (Å²) in [5.74, 6) is -1.30. The number of benzene rings is 1. The largest absolute Gasteiger partial charge is 0.451 e. The SMILES string of the molecule is CC(=O)c1ccc(N2CCN(C(=O)COC(=O)c3csc(-c4ncccn4)n3)CC2)c(F)c1. The van der Waals surface area contributed by atoms with Crippen molar-refractivity contribution >= 4 is 34.7 Å². The number of carbonyl (C=O) groups is 3. The van der Waals surface area contributed by atoms with Gasteiger partial charge in [-0.05, 0) is 31.2 Å². The van der Waals surface area contributed by atoms with Gasteiger partial charge < -0.3 is 14.5 Å². The Labute approximate surface area is 192 Å². The third-order valence-corrected chi connectivity index (χ3v) is 5.96. The van der Waals surface area contributed by atoms with Crippen molar-refractivity contribution < 1.29 is 23.5 Å². The van der Waals surface area contributed by atoms with E-state index < -0.39 is 18.4 Å². The van der Waals surface area contributed by atoms with Crippen LogP contribution in [0, 0.1) is 5.82 Å². The second kappa shape index (κ2) is 9.82. The zero-order valence-corrected chi connectivity index (χ0v) is 18.5. The van der Waals surface area contributed by atoms with Crippen molar-refractivity contribution in [1.29, 1.82) is 0 Å². The first-order chi connectivity index (χ1) is 15.9. The zero-order valence-electron chi connectivity index (χ0n) is 17.7. The molecular weight excluding hydrogens is 449 g/mol. The van der Waals surface area contributed by atoms with Crippen molar-refractivity contribution in [2.45, 2.75) is 6.92 Å². The summed E-state index contributed by atoms with van der Waals surface area (Å²) in [4.78, 5) is 51.9. The van der Waals surface area contributed by atoms with Crippen LogP contribution in [-0.2, 0) is 9.53 Å². The second-order valence-electron chi connectivity index (χ2n) is 7.28. The van der Waals surface area contributed by atoms with Gasteiger partial charge in [-0.1, -0.05) is 0 Å². The number of ketones is 1. The standard InChI is InChI=1S/C22H20FN5O4S/c1-14(29)15-3-4-18(16(23)11-15)27-7-9-28(10-8-27)19(30)12-32-22(31)17-13-33-21(26-17)20-24-5-2-6-25-20/h2-6,11,13H,7-10,12H2,1H3. The topological polar surface area (TPSA) is 106 Å². The first kappa shape index (κ1) is 22.5. The van der Waals surface area contributed by atoms with Crippen LogP contribution in [0.3, 0.4) is 0 Å². The molecule has 1 aliphatic rings. The summed E-state index contributed by atoms with van der Waals surface area (Å²) in [5, 5.41) is 2.01. The number of thiazole rings is 1. The van der Waals surface area contributed by atoms with Gasteiger partial charge in [0.1, 0.15) is 5.82 Å². The number of piperazine rings is 1. The fourth-order valence-corrected chi connectivity index (χ4v) is 4.09. The number of halogens is 1. The number of Topliss-reactive ketones (excluding diaryl/α,β-unsaturated/α-hetero) is 1. The van der Waals surface area contributed by atoms with E-state index in [-0.39, 0.29) is 17.4 Å². The molecule has 3 aromatic rings. The lowest BCUT2D eigenvalue weighted by molar-refractivity contribution is -0.134. The van der Waals surface area contributed by atoms with Crippen molar-refractivity contribution in [2.24, 2.45) is 0 Å². The Kier molecular flexibility index (Phi) is 6.68. The van der Waals surface area contributed by atoms with Gasteiger partial charge in [0.15, 0.2) is 28.9 Å². The maximum Gasteiger partial charge on any atom is 0.358 e. The summed E-state index contributed by atoms with van der Waals surface area (Å²) in [5.41, 5.74) is 0.792. The third kappa shape index (κ3) is 5.20. The first-order valence-electron chi connectivity index (χ1n) is 10.2. The van der Waals surface area contributed by atoms with Gasteiger partial charge in [0.25, 0.3) is 5.91 Å². The van der Waals surface area contributed by atoms with Gasteiger partial charge >= 0.3 is 5.97 Å². The number of hydrogen-bond donors (Lipinski definition) is 0. The number of rotatable bonds is 6. The average Bonchev–Trinajstić information content (AvgIpc) is 3.33. The number of amides is 1. The highest BCUT2D eigenvalue weighted by Crippen LogP contribution is 2.23. The Morgan fingerprint density at radius 2 is 1.85 bits per heavy atom. The summed E-state index contributed by atoms with van der Waals surface area (Å²) in [6.45, 7) is 2.53. The molecule has 9 nitrogen and oxygen atoms in total. The second-order valence-corrected chi connectivity index (χ2v) is 8.13. The lowest BCUT2D eigenvalue weighted by Gasteiger charge is -2.36. The monoisotopic (exact) mass is 469 g/mol. The molecule has 2 aromatic heterocycles. The van der Waals surface area contributed by atoms with Gasteiger partial charge in [-0.2, -0.15) is 0 Å². The molecule has 0 bridgehead atoms. The molecule has 1 aliphatic heterocycles. The zero-order chi connectivity index (χ0) is 23.4. The van der Waals surface area contributed by atoms with E-state index in [4.69, 9.17) is 4.74 Å². The highest BCUT2D eigenvalue weighted by molar-refractivity contribution is 7.13. The highest BCUT2D eigenvalue weighted by Gasteiger charge is 2.24. The fraction of sp³-hybridized carbons (Fsp3) is 0.273. The molecule has 11 heteroatoms. The lowest BCUT2D eigenvalue weighted by Crippen LogP contribution is -2.50. The number of aromatic nitrogens is 3. The van der Waals surface area contributed by atoms with Gasteiger partial charge in [0, 0.05) is 49.5 Å². The van der Waals surface area contributed by atoms with Gasteiger partial charge in [-0.3, -0.25) is 9.59 Å². The molecule has 4 rings (SSSR count). The Morgan fingerprint density at radius 1 is 1.12 bits per heavy atom. The van der Waals surface area contributed by atoms with Gasteiger partial charge in [-0.15, -0.1) is 11.3 Å². The average molecular weight is 469 g/mol. The number of anilines is 1. The number of nitrogens with zero attached hydrogens (tertiary/aromatic N) is 5. The number of esters is 1. The molecule has 0 atom stereocenters. The summed E-state index contributed by atoms with van der Waals surface area (Å²) in [6, 6.07) is 6.07. The van der Waals surface area contributed by atoms with E-state index in [2.05, 4.69) is 15.0 Å². The highest BCUT2D eigenvalue weighted by atomic mass is 32.1. The van der Waals surface area contributed by atoms with Crippen LogP contribution < -0.4 is 4.90 Å². The molecule has 0 spiro atoms. The smallest absolute Gasteiger partial charge is 0.358 e. The van der Waals surface area contributed by atoms with Crippen LogP contribution in [-0.4, -0.2) is 70.3 Å². The summed E-state index contributed by atoms with van der Waals surface area (Å²) in [7, 11) is 0. The van der Waals surface area contributed by atoms with Gasteiger partial charge in [0.05, 0.1) is 5.69 Å². The molecule has 3 heterocycles. The molecule has 33 heavy (non-hydrogen) atoms. The first-order valence-corrected chi connectivity index (χ1v) is 11.0. The van der Waals surface area contributed by atoms with E-state index in [0.29, 0.717) is 48.3 Å². The van der Waals surface area contributed by atoms with E-state index in [9.17, 15) is 18.8 Å². The van der Waals surface area contributed by atoms with E-state index in [0.717, 1.165) is 0 Å². The molecular formula is C22H20FN5O4S. The van der Waals surface area contributed by atoms with Crippen LogP contribution in [0.4, 0.5) is 10.1 Å². The van der Waals surface area contributed by atoms with E-state index in [1.165, 1.54) is 29.7 Å². The molecule has 1 aromatic carbocycles. The predicted octanol–water partition coefficient (Wildman–Crippen LogP) is 2.45. The van der Waals surface area contributed by atoms with Crippen LogP contribution in [0.25, 0.3) is 10.8 Å². The molecule has 0 radical (unpaired) electrons. The molecule has 0 saturated carbocycles. The molecule has 1 amide bonds. The Balaban J connectivity index is 1.28. The molecule has 0 aliphatic carbocycles. The van der Waals surface area contributed by atoms with Crippen molar-refractivity contribution in [1.82, 2.24) is 19.9 Å². The Morgan fingerprint density at radius 3 is 2.52 bits per heavy atom. The Hall–Kier alpha value is -3.73. The van der Waals surface area contributed by atoms with Crippen molar-refractivity contribution in [3.63, 3.8) is 0 Å². The third-order valence-electron chi connectivity index (χ3n) is 5.12. The Bertz CT molecular complexity index is 1180. The van der Waals surface area contributed by atoms with E-state index in [1.54, 1.807) is 35.5 Å². The molecule has 1 saturated heterocycles. The number of hydrogen-bond acceptors (Lipinski definition) is 9. The maximum absolute atomic E-state index is 14.4. The predicted molar refractivity (Wildman–Crippen MR) is 119 cm³/mol. The van der Waals surface area contributed by atoms with Crippen LogP contribution in [0.1, 0.15) is 27.8 Å². The van der Waals surface area contributed by atoms with Crippen LogP contribution >= 0.6 is 11.3 Å². The van der Waals surface area contributed by atoms with Crippen LogP contribution in [0.2, 0.25) is 0 Å². The van der Waals surface area contributed by atoms with Crippen molar-refractivity contribution in [3.8, 4) is 10.8 Å². The fourth-order valence-electron chi connectivity index (χ4n) is 3.35. The maximum atomic E-state index is 14.4.